The summed E-state index contributed by atoms with van der Waals surface area (Å²) in [5, 5.41) is 40.9. The number of aliphatic hydroxyl groups excluding tert-OH is 4. The van der Waals surface area contributed by atoms with Gasteiger partial charge in [-0.1, -0.05) is 91.0 Å². The molecule has 0 radical (unpaired) electrons. The molecule has 8 N–H and O–H groups in total. The molecular formula is C28H32N2O7. The van der Waals surface area contributed by atoms with Crippen molar-refractivity contribution in [2.45, 2.75) is 36.2 Å². The third-order valence-electron chi connectivity index (χ3n) is 6.50. The fraction of sp³-hybridized carbons (Fsp3) is 0.286. The molecule has 0 fully saturated rings. The number of Topliss-reactive ketones (excluding diaryl/α,β-unsaturated/α-hetero) is 1. The van der Waals surface area contributed by atoms with Gasteiger partial charge in [-0.25, -0.2) is 0 Å². The molecule has 0 saturated heterocycles. The minimum absolute atomic E-state index is 0.368. The highest BCUT2D eigenvalue weighted by atomic mass is 16.7. The average molecular weight is 509 g/mol. The van der Waals surface area contributed by atoms with Crippen LogP contribution in [0.25, 0.3) is 0 Å². The quantitative estimate of drug-likeness (QED) is 0.191. The molecule has 0 spiro atoms. The van der Waals surface area contributed by atoms with E-state index < -0.39 is 60.5 Å². The highest BCUT2D eigenvalue weighted by Gasteiger charge is 2.46. The number of ketones is 1. The summed E-state index contributed by atoms with van der Waals surface area (Å²) < 4.78 is 0. The van der Waals surface area contributed by atoms with E-state index in [1.807, 2.05) is 12.1 Å². The Hall–Kier alpha value is -3.44. The van der Waals surface area contributed by atoms with E-state index >= 15 is 0 Å². The maximum absolute atomic E-state index is 13.9. The number of carbonyl (C=O) groups excluding carboxylic acids is 2. The largest absolute Gasteiger partial charge is 0.395 e. The normalized spacial score (nSPS) is 16.3. The van der Waals surface area contributed by atoms with Crippen molar-refractivity contribution in [3.63, 3.8) is 0 Å². The van der Waals surface area contributed by atoms with E-state index in [2.05, 4.69) is 0 Å². The molecular weight excluding hydrogens is 476 g/mol. The van der Waals surface area contributed by atoms with Crippen molar-refractivity contribution in [2.24, 2.45) is 17.5 Å². The van der Waals surface area contributed by atoms with Gasteiger partial charge in [-0.15, -0.1) is 0 Å². The molecule has 3 aromatic carbocycles. The van der Waals surface area contributed by atoms with Gasteiger partial charge in [-0.05, 0) is 16.7 Å². The van der Waals surface area contributed by atoms with E-state index in [0.29, 0.717) is 16.7 Å². The number of hydrogen-bond acceptors (Lipinski definition) is 9. The Labute approximate surface area is 214 Å². The third kappa shape index (κ3) is 6.47. The first-order valence-electron chi connectivity index (χ1n) is 11.8. The molecule has 0 aliphatic carbocycles. The molecule has 0 saturated carbocycles. The van der Waals surface area contributed by atoms with Crippen LogP contribution in [-0.2, 0) is 14.4 Å². The minimum Gasteiger partial charge on any atom is -0.395 e. The van der Waals surface area contributed by atoms with Gasteiger partial charge in [0, 0.05) is 5.92 Å². The summed E-state index contributed by atoms with van der Waals surface area (Å²) in [7, 11) is 0. The Bertz CT molecular complexity index is 1090. The van der Waals surface area contributed by atoms with Gasteiger partial charge in [0.05, 0.1) is 24.5 Å². The number of aliphatic hydroxyl groups is 4. The SMILES string of the molecule is NOC(=O)[C@H](C(C(=O)[C@@H](O)[C@H](O)[C@H](O)[C@@H](N)CO)c1ccccc1)C(c1ccccc1)c1ccccc1. The highest BCUT2D eigenvalue weighted by molar-refractivity contribution is 5.95. The van der Waals surface area contributed by atoms with Crippen molar-refractivity contribution >= 4 is 11.8 Å². The molecule has 1 unspecified atom stereocenters. The van der Waals surface area contributed by atoms with E-state index in [1.165, 1.54) is 0 Å². The summed E-state index contributed by atoms with van der Waals surface area (Å²) in [4.78, 5) is 31.9. The molecule has 0 heterocycles. The first-order valence-corrected chi connectivity index (χ1v) is 11.8. The zero-order chi connectivity index (χ0) is 26.9. The van der Waals surface area contributed by atoms with E-state index in [9.17, 15) is 30.0 Å². The fourth-order valence-corrected chi connectivity index (χ4v) is 4.58. The van der Waals surface area contributed by atoms with Crippen molar-refractivity contribution in [3.8, 4) is 0 Å². The Morgan fingerprint density at radius 2 is 1.16 bits per heavy atom. The van der Waals surface area contributed by atoms with Crippen LogP contribution < -0.4 is 11.6 Å². The lowest BCUT2D eigenvalue weighted by Gasteiger charge is -2.34. The molecule has 0 bridgehead atoms. The predicted molar refractivity (Wildman–Crippen MR) is 136 cm³/mol. The average Bonchev–Trinajstić information content (AvgIpc) is 2.96. The van der Waals surface area contributed by atoms with Gasteiger partial charge < -0.3 is 31.0 Å². The lowest BCUT2D eigenvalue weighted by atomic mass is 9.69. The molecule has 196 valence electrons. The van der Waals surface area contributed by atoms with Crippen LogP contribution in [-0.4, -0.2) is 63.1 Å². The van der Waals surface area contributed by atoms with Crippen LogP contribution in [0.1, 0.15) is 28.5 Å². The lowest BCUT2D eigenvalue weighted by Crippen LogP contribution is -2.53. The maximum atomic E-state index is 13.9. The monoisotopic (exact) mass is 508 g/mol. The number of carbonyl (C=O) groups is 2. The van der Waals surface area contributed by atoms with Crippen LogP contribution in [0.3, 0.4) is 0 Å². The van der Waals surface area contributed by atoms with Crippen LogP contribution in [0.15, 0.2) is 91.0 Å². The van der Waals surface area contributed by atoms with Gasteiger partial charge in [-0.3, -0.25) is 9.59 Å². The molecule has 0 amide bonds. The molecule has 37 heavy (non-hydrogen) atoms. The predicted octanol–water partition coefficient (Wildman–Crippen LogP) is 0.607. The number of nitrogens with two attached hydrogens (primary N) is 2. The van der Waals surface area contributed by atoms with Crippen molar-refractivity contribution in [2.75, 3.05) is 6.61 Å². The Kier molecular flexibility index (Phi) is 10.0. The summed E-state index contributed by atoms with van der Waals surface area (Å²) in [6.07, 6.45) is -5.97. The van der Waals surface area contributed by atoms with Gasteiger partial charge in [0.15, 0.2) is 5.78 Å². The van der Waals surface area contributed by atoms with E-state index in [0.717, 1.165) is 0 Å². The van der Waals surface area contributed by atoms with Crippen molar-refractivity contribution in [1.82, 2.24) is 0 Å². The second-order valence-corrected chi connectivity index (χ2v) is 8.82. The highest BCUT2D eigenvalue weighted by Crippen LogP contribution is 2.42. The molecule has 9 heteroatoms. The van der Waals surface area contributed by atoms with Gasteiger partial charge in [-0.2, -0.15) is 5.90 Å². The van der Waals surface area contributed by atoms with Gasteiger partial charge in [0.1, 0.15) is 18.3 Å². The summed E-state index contributed by atoms with van der Waals surface area (Å²) in [6.45, 7) is -0.687. The first kappa shape index (κ1) is 28.1. The van der Waals surface area contributed by atoms with Crippen LogP contribution in [0.5, 0.6) is 0 Å². The van der Waals surface area contributed by atoms with Crippen molar-refractivity contribution in [1.29, 1.82) is 0 Å². The van der Waals surface area contributed by atoms with Crippen LogP contribution >= 0.6 is 0 Å². The Morgan fingerprint density at radius 3 is 1.57 bits per heavy atom. The third-order valence-corrected chi connectivity index (χ3v) is 6.50. The number of rotatable bonds is 12. The Morgan fingerprint density at radius 1 is 0.730 bits per heavy atom. The maximum Gasteiger partial charge on any atom is 0.329 e. The Balaban J connectivity index is 2.20. The zero-order valence-corrected chi connectivity index (χ0v) is 20.1. The molecule has 3 rings (SSSR count). The lowest BCUT2D eigenvalue weighted by molar-refractivity contribution is -0.155. The minimum atomic E-state index is -2.14. The van der Waals surface area contributed by atoms with Crippen LogP contribution in [0.2, 0.25) is 0 Å². The number of hydrogen-bond donors (Lipinski definition) is 6. The topological polar surface area (TPSA) is 176 Å². The van der Waals surface area contributed by atoms with Crippen LogP contribution in [0.4, 0.5) is 0 Å². The van der Waals surface area contributed by atoms with Crippen molar-refractivity contribution in [3.05, 3.63) is 108 Å². The molecule has 0 aliphatic rings. The molecule has 3 aromatic rings. The second kappa shape index (κ2) is 13.2. The van der Waals surface area contributed by atoms with E-state index in [1.54, 1.807) is 78.9 Å². The molecule has 6 atom stereocenters. The molecule has 0 aliphatic heterocycles. The van der Waals surface area contributed by atoms with Gasteiger partial charge in [0.2, 0.25) is 0 Å². The summed E-state index contributed by atoms with van der Waals surface area (Å²) in [5.41, 5.74) is 7.35. The smallest absolute Gasteiger partial charge is 0.329 e. The van der Waals surface area contributed by atoms with Gasteiger partial charge in [0.25, 0.3) is 0 Å². The molecule has 0 aromatic heterocycles. The summed E-state index contributed by atoms with van der Waals surface area (Å²) in [6, 6.07) is 25.0. The second-order valence-electron chi connectivity index (χ2n) is 8.82. The van der Waals surface area contributed by atoms with E-state index in [-0.39, 0.29) is 0 Å². The van der Waals surface area contributed by atoms with E-state index in [4.69, 9.17) is 16.5 Å². The fourth-order valence-electron chi connectivity index (χ4n) is 4.58. The zero-order valence-electron chi connectivity index (χ0n) is 20.1. The summed E-state index contributed by atoms with van der Waals surface area (Å²) >= 11 is 0. The van der Waals surface area contributed by atoms with Crippen LogP contribution in [0, 0.1) is 5.92 Å². The van der Waals surface area contributed by atoms with Crippen molar-refractivity contribution < 1.29 is 34.9 Å². The standard InChI is InChI=1S/C28H32N2O7/c29-20(16-31)24(32)26(34)27(35)25(33)22(19-14-8-3-9-15-19)23(28(36)37-30)21(17-10-4-1-5-11-17)18-12-6-2-7-13-18/h1-15,20-24,26-27,31-32,34-35H,16,29-30H2/t20-,22?,23-,24+,26+,27+/m0/s1. The van der Waals surface area contributed by atoms with Gasteiger partial charge >= 0.3 is 5.97 Å². The summed E-state index contributed by atoms with van der Waals surface area (Å²) in [5.74, 6) is 0.165. The first-order chi connectivity index (χ1) is 17.8. The molecule has 9 nitrogen and oxygen atoms in total. The number of benzene rings is 3.